The fourth-order valence-electron chi connectivity index (χ4n) is 5.02. The Morgan fingerprint density at radius 3 is 2.52 bits per heavy atom. The van der Waals surface area contributed by atoms with Crippen molar-refractivity contribution in [1.29, 1.82) is 0 Å². The van der Waals surface area contributed by atoms with Crippen molar-refractivity contribution in [3.63, 3.8) is 0 Å². The first-order valence-corrected chi connectivity index (χ1v) is 12.0. The summed E-state index contributed by atoms with van der Waals surface area (Å²) in [6.07, 6.45) is 8.91. The monoisotopic (exact) mass is 563 g/mol. The number of nitrogens with one attached hydrogen (secondary N) is 2. The molecule has 0 bridgehead atoms. The number of hydrogen-bond donors (Lipinski definition) is 3. The Hall–Kier alpha value is -0.570. The molecule has 1 saturated carbocycles. The zero-order chi connectivity index (χ0) is 21.3. The van der Waals surface area contributed by atoms with Crippen molar-refractivity contribution in [2.24, 2.45) is 10.4 Å². The molecule has 1 aromatic rings. The van der Waals surface area contributed by atoms with Gasteiger partial charge in [0.05, 0.1) is 0 Å². The number of ether oxygens (including phenoxy) is 1. The van der Waals surface area contributed by atoms with Gasteiger partial charge in [-0.05, 0) is 62.1 Å². The van der Waals surface area contributed by atoms with E-state index < -0.39 is 0 Å². The van der Waals surface area contributed by atoms with Crippen molar-refractivity contribution in [2.45, 2.75) is 63.7 Å². The normalized spacial score (nSPS) is 20.5. The zero-order valence-corrected chi connectivity index (χ0v) is 21.9. The lowest BCUT2D eigenvalue weighted by Crippen LogP contribution is -2.48. The Balaban J connectivity index is 0.00000341. The summed E-state index contributed by atoms with van der Waals surface area (Å²) in [4.78, 5) is 4.98. The number of guanidine groups is 1. The van der Waals surface area contributed by atoms with Gasteiger partial charge in [0.15, 0.2) is 5.96 Å². The lowest BCUT2D eigenvalue weighted by molar-refractivity contribution is 0.0513. The molecule has 1 saturated heterocycles. The maximum atomic E-state index is 9.61. The standard InChI is InChI=1S/C24H38ClN3O2.HI/c1-2-26-22(27-18-23(11-14-29)9-4-3-5-10-23)28-19-24(12-15-30-16-13-24)20-7-6-8-21(25)17-20;/h6-8,17,29H,2-5,9-16,18-19H2,1H3,(H2,26,27,28);1H. The third kappa shape index (κ3) is 7.47. The van der Waals surface area contributed by atoms with Crippen LogP contribution in [-0.4, -0.2) is 50.5 Å². The maximum Gasteiger partial charge on any atom is 0.191 e. The van der Waals surface area contributed by atoms with Crippen LogP contribution in [-0.2, 0) is 10.2 Å². The van der Waals surface area contributed by atoms with Gasteiger partial charge >= 0.3 is 0 Å². The van der Waals surface area contributed by atoms with E-state index in [1.807, 2.05) is 12.1 Å². The lowest BCUT2D eigenvalue weighted by Gasteiger charge is -2.39. The quantitative estimate of drug-likeness (QED) is 0.239. The summed E-state index contributed by atoms with van der Waals surface area (Å²) in [5.41, 5.74) is 1.41. The van der Waals surface area contributed by atoms with E-state index in [1.165, 1.54) is 37.7 Å². The Morgan fingerprint density at radius 2 is 1.87 bits per heavy atom. The van der Waals surface area contributed by atoms with Gasteiger partial charge in [-0.3, -0.25) is 4.99 Å². The van der Waals surface area contributed by atoms with Crippen LogP contribution in [0.3, 0.4) is 0 Å². The molecular weight excluding hydrogens is 525 g/mol. The summed E-state index contributed by atoms with van der Waals surface area (Å²) in [5, 5.41) is 17.4. The van der Waals surface area contributed by atoms with Crippen LogP contribution < -0.4 is 10.6 Å². The predicted molar refractivity (Wildman–Crippen MR) is 140 cm³/mol. The summed E-state index contributed by atoms with van der Waals surface area (Å²) in [7, 11) is 0. The van der Waals surface area contributed by atoms with Crippen molar-refractivity contribution in [3.05, 3.63) is 34.9 Å². The van der Waals surface area contributed by atoms with E-state index in [4.69, 9.17) is 21.3 Å². The average molecular weight is 564 g/mol. The van der Waals surface area contributed by atoms with Gasteiger partial charge in [-0.25, -0.2) is 0 Å². The maximum absolute atomic E-state index is 9.61. The van der Waals surface area contributed by atoms with Gasteiger partial charge < -0.3 is 20.5 Å². The first-order chi connectivity index (χ1) is 14.6. The number of aliphatic imine (C=N–C) groups is 1. The van der Waals surface area contributed by atoms with E-state index in [2.05, 4.69) is 29.7 Å². The van der Waals surface area contributed by atoms with E-state index in [9.17, 15) is 5.11 Å². The van der Waals surface area contributed by atoms with E-state index in [-0.39, 0.29) is 41.4 Å². The van der Waals surface area contributed by atoms with E-state index >= 15 is 0 Å². The molecule has 176 valence electrons. The number of halogens is 2. The van der Waals surface area contributed by atoms with Gasteiger partial charge in [-0.1, -0.05) is 43.0 Å². The molecule has 0 radical (unpaired) electrons. The molecule has 0 atom stereocenters. The highest BCUT2D eigenvalue weighted by molar-refractivity contribution is 14.0. The molecule has 1 heterocycles. The number of hydrogen-bond acceptors (Lipinski definition) is 3. The first-order valence-electron chi connectivity index (χ1n) is 11.6. The molecule has 2 fully saturated rings. The number of nitrogens with zero attached hydrogens (tertiary/aromatic N) is 1. The van der Waals surface area contributed by atoms with Gasteiger partial charge in [0.2, 0.25) is 0 Å². The minimum Gasteiger partial charge on any atom is -0.396 e. The first kappa shape index (κ1) is 26.7. The minimum atomic E-state index is -0.00698. The zero-order valence-electron chi connectivity index (χ0n) is 18.8. The number of aliphatic hydroxyl groups excluding tert-OH is 1. The molecule has 3 rings (SSSR count). The van der Waals surface area contributed by atoms with E-state index in [1.54, 1.807) is 0 Å². The van der Waals surface area contributed by atoms with Crippen LogP contribution in [0.2, 0.25) is 5.02 Å². The summed E-state index contributed by atoms with van der Waals surface area (Å²) in [5.74, 6) is 0.869. The van der Waals surface area contributed by atoms with Crippen molar-refractivity contribution in [1.82, 2.24) is 10.6 Å². The average Bonchev–Trinajstić information content (AvgIpc) is 2.77. The van der Waals surface area contributed by atoms with Crippen LogP contribution in [0.5, 0.6) is 0 Å². The molecule has 2 aliphatic rings. The molecule has 31 heavy (non-hydrogen) atoms. The van der Waals surface area contributed by atoms with Gasteiger partial charge in [-0.15, -0.1) is 24.0 Å². The highest BCUT2D eigenvalue weighted by atomic mass is 127. The molecule has 1 aliphatic heterocycles. The van der Waals surface area contributed by atoms with Gasteiger partial charge in [0, 0.05) is 49.9 Å². The highest BCUT2D eigenvalue weighted by Gasteiger charge is 2.35. The smallest absolute Gasteiger partial charge is 0.191 e. The fourth-order valence-corrected chi connectivity index (χ4v) is 5.21. The van der Waals surface area contributed by atoms with Crippen LogP contribution in [0.15, 0.2) is 29.3 Å². The third-order valence-corrected chi connectivity index (χ3v) is 7.19. The summed E-state index contributed by atoms with van der Waals surface area (Å²) in [6.45, 7) is 6.28. The second-order valence-electron chi connectivity index (χ2n) is 8.99. The van der Waals surface area contributed by atoms with Crippen LogP contribution in [0, 0.1) is 5.41 Å². The van der Waals surface area contributed by atoms with Crippen LogP contribution >= 0.6 is 35.6 Å². The van der Waals surface area contributed by atoms with Crippen molar-refractivity contribution in [2.75, 3.05) is 39.5 Å². The third-order valence-electron chi connectivity index (χ3n) is 6.95. The molecule has 0 amide bonds. The molecule has 1 aliphatic carbocycles. The lowest BCUT2D eigenvalue weighted by atomic mass is 9.72. The molecule has 0 spiro atoms. The summed E-state index contributed by atoms with van der Waals surface area (Å²) < 4.78 is 5.67. The SMILES string of the molecule is CCNC(=NCC1(CCO)CCCCC1)NCC1(c2cccc(Cl)c2)CCOCC1.I. The molecule has 0 unspecified atom stereocenters. The van der Waals surface area contributed by atoms with Crippen molar-refractivity contribution < 1.29 is 9.84 Å². The summed E-state index contributed by atoms with van der Waals surface area (Å²) >= 11 is 6.31. The topological polar surface area (TPSA) is 65.9 Å². The second-order valence-corrected chi connectivity index (χ2v) is 9.42. The van der Waals surface area contributed by atoms with E-state index in [0.29, 0.717) is 0 Å². The Morgan fingerprint density at radius 1 is 1.13 bits per heavy atom. The minimum absolute atomic E-state index is 0. The van der Waals surface area contributed by atoms with E-state index in [0.717, 1.165) is 63.1 Å². The highest BCUT2D eigenvalue weighted by Crippen LogP contribution is 2.39. The van der Waals surface area contributed by atoms with Crippen LogP contribution in [0.25, 0.3) is 0 Å². The van der Waals surface area contributed by atoms with Gasteiger partial charge in [0.25, 0.3) is 0 Å². The van der Waals surface area contributed by atoms with Crippen molar-refractivity contribution in [3.8, 4) is 0 Å². The summed E-state index contributed by atoms with van der Waals surface area (Å²) in [6, 6.07) is 8.25. The van der Waals surface area contributed by atoms with Crippen LogP contribution in [0.4, 0.5) is 0 Å². The number of aliphatic hydroxyl groups is 1. The molecule has 7 heteroatoms. The van der Waals surface area contributed by atoms with Gasteiger partial charge in [0.1, 0.15) is 0 Å². The number of rotatable bonds is 8. The Bertz CT molecular complexity index is 684. The Kier molecular flexibility index (Phi) is 11.4. The molecule has 0 aromatic heterocycles. The van der Waals surface area contributed by atoms with Crippen LogP contribution in [0.1, 0.15) is 63.9 Å². The second kappa shape index (κ2) is 13.2. The van der Waals surface area contributed by atoms with Gasteiger partial charge in [-0.2, -0.15) is 0 Å². The molecule has 1 aromatic carbocycles. The fraction of sp³-hybridized carbons (Fsp3) is 0.708. The largest absolute Gasteiger partial charge is 0.396 e. The Labute approximate surface area is 209 Å². The molecule has 3 N–H and O–H groups in total. The molecular formula is C24H39ClIN3O2. The molecule has 5 nitrogen and oxygen atoms in total. The van der Waals surface area contributed by atoms with Crippen molar-refractivity contribution >= 4 is 41.5 Å². The number of benzene rings is 1. The predicted octanol–water partition coefficient (Wildman–Crippen LogP) is 4.89.